The van der Waals surface area contributed by atoms with E-state index >= 15 is 0 Å². The summed E-state index contributed by atoms with van der Waals surface area (Å²) in [6.45, 7) is 4.36. The van der Waals surface area contributed by atoms with Crippen molar-refractivity contribution in [1.29, 1.82) is 0 Å². The predicted octanol–water partition coefficient (Wildman–Crippen LogP) is 1.55. The summed E-state index contributed by atoms with van der Waals surface area (Å²) in [7, 11) is 0. The van der Waals surface area contributed by atoms with Gasteiger partial charge in [-0.25, -0.2) is 0 Å². The van der Waals surface area contributed by atoms with E-state index in [1.54, 1.807) is 0 Å². The van der Waals surface area contributed by atoms with Crippen LogP contribution in [0.5, 0.6) is 0 Å². The number of nitrogens with one attached hydrogen (secondary N) is 1. The summed E-state index contributed by atoms with van der Waals surface area (Å²) in [5.41, 5.74) is 0. The van der Waals surface area contributed by atoms with E-state index in [2.05, 4.69) is 12.2 Å². The highest BCUT2D eigenvalue weighted by Gasteiger charge is 2.32. The Morgan fingerprint density at radius 1 is 1.42 bits per heavy atom. The number of hydrogen-bond donors (Lipinski definition) is 1. The number of rotatable bonds is 3. The molecular formula is C10H19NO. The molecule has 0 spiro atoms. The van der Waals surface area contributed by atoms with Gasteiger partial charge in [0.05, 0.1) is 6.10 Å². The second kappa shape index (κ2) is 3.75. The first-order valence-corrected chi connectivity index (χ1v) is 5.21. The number of hydrogen-bond acceptors (Lipinski definition) is 2. The molecule has 1 aliphatic carbocycles. The minimum atomic E-state index is 0.506. The Labute approximate surface area is 74.7 Å². The van der Waals surface area contributed by atoms with Crippen molar-refractivity contribution in [2.45, 2.75) is 44.8 Å². The zero-order chi connectivity index (χ0) is 8.39. The van der Waals surface area contributed by atoms with Gasteiger partial charge in [0.15, 0.2) is 0 Å². The van der Waals surface area contributed by atoms with Crippen LogP contribution in [0.25, 0.3) is 0 Å². The van der Waals surface area contributed by atoms with Gasteiger partial charge in [-0.2, -0.15) is 0 Å². The third-order valence-corrected chi connectivity index (χ3v) is 2.99. The lowest BCUT2D eigenvalue weighted by Gasteiger charge is -2.22. The maximum atomic E-state index is 5.63. The summed E-state index contributed by atoms with van der Waals surface area (Å²) in [5, 5.41) is 3.55. The molecule has 0 amide bonds. The number of ether oxygens (including phenoxy) is 1. The normalized spacial score (nSPS) is 41.2. The average molecular weight is 169 g/mol. The predicted molar refractivity (Wildman–Crippen MR) is 49.2 cm³/mol. The van der Waals surface area contributed by atoms with E-state index < -0.39 is 0 Å². The van der Waals surface area contributed by atoms with Crippen LogP contribution in [0.1, 0.15) is 32.6 Å². The van der Waals surface area contributed by atoms with Gasteiger partial charge in [-0.1, -0.05) is 6.92 Å². The van der Waals surface area contributed by atoms with Gasteiger partial charge in [-0.15, -0.1) is 0 Å². The molecule has 2 aliphatic rings. The Morgan fingerprint density at radius 2 is 2.25 bits per heavy atom. The zero-order valence-electron chi connectivity index (χ0n) is 7.88. The molecule has 1 N–H and O–H groups in total. The van der Waals surface area contributed by atoms with Crippen LogP contribution in [-0.4, -0.2) is 25.3 Å². The Balaban J connectivity index is 1.59. The Morgan fingerprint density at radius 3 is 2.83 bits per heavy atom. The molecule has 0 radical (unpaired) electrons. The largest absolute Gasteiger partial charge is 0.377 e. The van der Waals surface area contributed by atoms with Gasteiger partial charge in [0, 0.05) is 19.2 Å². The minimum absolute atomic E-state index is 0.506. The minimum Gasteiger partial charge on any atom is -0.377 e. The van der Waals surface area contributed by atoms with Crippen molar-refractivity contribution < 1.29 is 4.74 Å². The quantitative estimate of drug-likeness (QED) is 0.692. The van der Waals surface area contributed by atoms with Crippen LogP contribution in [0.3, 0.4) is 0 Å². The topological polar surface area (TPSA) is 21.3 Å². The molecule has 3 unspecified atom stereocenters. The molecule has 1 heterocycles. The Hall–Kier alpha value is -0.0800. The fraction of sp³-hybridized carbons (Fsp3) is 1.00. The van der Waals surface area contributed by atoms with Crippen molar-refractivity contribution in [3.63, 3.8) is 0 Å². The molecule has 1 saturated heterocycles. The summed E-state index contributed by atoms with van der Waals surface area (Å²) in [5.74, 6) is 0.911. The summed E-state index contributed by atoms with van der Waals surface area (Å²) in [6, 6.07) is 0.801. The third-order valence-electron chi connectivity index (χ3n) is 2.99. The molecule has 2 heteroatoms. The highest BCUT2D eigenvalue weighted by Crippen LogP contribution is 2.29. The molecule has 3 atom stereocenters. The first-order valence-electron chi connectivity index (χ1n) is 5.21. The van der Waals surface area contributed by atoms with Crippen molar-refractivity contribution in [2.75, 3.05) is 13.2 Å². The molecule has 70 valence electrons. The second-order valence-corrected chi connectivity index (χ2v) is 4.22. The van der Waals surface area contributed by atoms with Crippen LogP contribution in [0.15, 0.2) is 0 Å². The lowest BCUT2D eigenvalue weighted by Crippen LogP contribution is -2.33. The molecule has 1 aliphatic heterocycles. The van der Waals surface area contributed by atoms with Crippen LogP contribution in [0.2, 0.25) is 0 Å². The molecule has 0 aromatic heterocycles. The van der Waals surface area contributed by atoms with Crippen LogP contribution in [0.4, 0.5) is 0 Å². The fourth-order valence-electron chi connectivity index (χ4n) is 1.86. The van der Waals surface area contributed by atoms with Crippen LogP contribution < -0.4 is 5.32 Å². The van der Waals surface area contributed by atoms with Crippen LogP contribution in [0, 0.1) is 5.92 Å². The molecule has 0 aromatic carbocycles. The van der Waals surface area contributed by atoms with Crippen molar-refractivity contribution in [3.8, 4) is 0 Å². The fourth-order valence-corrected chi connectivity index (χ4v) is 1.86. The van der Waals surface area contributed by atoms with Crippen LogP contribution >= 0.6 is 0 Å². The molecular weight excluding hydrogens is 150 g/mol. The lowest BCUT2D eigenvalue weighted by atomic mass is 10.1. The van der Waals surface area contributed by atoms with E-state index in [4.69, 9.17) is 4.74 Å². The SMILES string of the molecule is CC1CC1NCC1CCCCO1. The van der Waals surface area contributed by atoms with Gasteiger partial charge in [0.2, 0.25) is 0 Å². The van der Waals surface area contributed by atoms with E-state index in [9.17, 15) is 0 Å². The van der Waals surface area contributed by atoms with E-state index in [0.29, 0.717) is 6.10 Å². The maximum Gasteiger partial charge on any atom is 0.0699 e. The van der Waals surface area contributed by atoms with Gasteiger partial charge in [-0.3, -0.25) is 0 Å². The molecule has 2 rings (SSSR count). The summed E-state index contributed by atoms with van der Waals surface area (Å²) in [4.78, 5) is 0. The van der Waals surface area contributed by atoms with E-state index in [0.717, 1.165) is 25.1 Å². The van der Waals surface area contributed by atoms with Gasteiger partial charge >= 0.3 is 0 Å². The Bertz CT molecular complexity index is 143. The lowest BCUT2D eigenvalue weighted by molar-refractivity contribution is 0.0166. The van der Waals surface area contributed by atoms with Crippen LogP contribution in [-0.2, 0) is 4.74 Å². The molecule has 2 nitrogen and oxygen atoms in total. The third kappa shape index (κ3) is 2.20. The Kier molecular flexibility index (Phi) is 2.66. The first kappa shape index (κ1) is 8.52. The van der Waals surface area contributed by atoms with Crippen molar-refractivity contribution in [1.82, 2.24) is 5.32 Å². The first-order chi connectivity index (χ1) is 5.86. The average Bonchev–Trinajstić information content (AvgIpc) is 2.81. The maximum absolute atomic E-state index is 5.63. The van der Waals surface area contributed by atoms with Gasteiger partial charge < -0.3 is 10.1 Å². The standard InChI is InChI=1S/C10H19NO/c1-8-6-10(8)11-7-9-4-2-3-5-12-9/h8-11H,2-7H2,1H3. The smallest absolute Gasteiger partial charge is 0.0699 e. The zero-order valence-corrected chi connectivity index (χ0v) is 7.88. The van der Waals surface area contributed by atoms with Crippen molar-refractivity contribution in [2.24, 2.45) is 5.92 Å². The second-order valence-electron chi connectivity index (χ2n) is 4.22. The molecule has 12 heavy (non-hydrogen) atoms. The summed E-state index contributed by atoms with van der Waals surface area (Å²) in [6.07, 6.45) is 5.75. The molecule has 0 bridgehead atoms. The van der Waals surface area contributed by atoms with Crippen molar-refractivity contribution in [3.05, 3.63) is 0 Å². The molecule has 1 saturated carbocycles. The van der Waals surface area contributed by atoms with Gasteiger partial charge in [-0.05, 0) is 31.6 Å². The molecule has 0 aromatic rings. The highest BCUT2D eigenvalue weighted by molar-refractivity contribution is 4.90. The van der Waals surface area contributed by atoms with E-state index in [-0.39, 0.29) is 0 Å². The molecule has 2 fully saturated rings. The van der Waals surface area contributed by atoms with Gasteiger partial charge in [0.25, 0.3) is 0 Å². The van der Waals surface area contributed by atoms with Crippen molar-refractivity contribution >= 4 is 0 Å². The van der Waals surface area contributed by atoms with Gasteiger partial charge in [0.1, 0.15) is 0 Å². The summed E-state index contributed by atoms with van der Waals surface area (Å²) >= 11 is 0. The highest BCUT2D eigenvalue weighted by atomic mass is 16.5. The van der Waals surface area contributed by atoms with E-state index in [1.807, 2.05) is 0 Å². The van der Waals surface area contributed by atoms with E-state index in [1.165, 1.54) is 25.7 Å². The summed E-state index contributed by atoms with van der Waals surface area (Å²) < 4.78 is 5.63. The monoisotopic (exact) mass is 169 g/mol.